The minimum absolute atomic E-state index is 0.00653. The zero-order valence-electron chi connectivity index (χ0n) is 20.5. The summed E-state index contributed by atoms with van der Waals surface area (Å²) in [6.07, 6.45) is 19.7. The molecule has 0 aromatic carbocycles. The number of carbonyl (C=O) groups excluding carboxylic acids is 1. The molecule has 2 aliphatic heterocycles. The number of allylic oxidation sites excluding steroid dienone is 5. The van der Waals surface area contributed by atoms with Crippen LogP contribution in [0, 0.1) is 11.3 Å². The van der Waals surface area contributed by atoms with Gasteiger partial charge in [-0.05, 0) is 96.0 Å². The fourth-order valence-electron chi connectivity index (χ4n) is 7.29. The number of hydrogen-bond donors (Lipinski definition) is 1. The molecule has 0 aromatic heterocycles. The van der Waals surface area contributed by atoms with E-state index in [4.69, 9.17) is 4.74 Å². The minimum Gasteiger partial charge on any atom is -0.359 e. The van der Waals surface area contributed by atoms with Gasteiger partial charge >= 0.3 is 0 Å². The van der Waals surface area contributed by atoms with Crippen molar-refractivity contribution < 1.29 is 9.53 Å². The number of ether oxygens (including phenoxy) is 1. The predicted octanol–water partition coefficient (Wildman–Crippen LogP) is 4.85. The van der Waals surface area contributed by atoms with Gasteiger partial charge in [0.15, 0.2) is 0 Å². The summed E-state index contributed by atoms with van der Waals surface area (Å²) in [6, 6.07) is 0.570. The molecule has 1 saturated carbocycles. The Labute approximate surface area is 198 Å². The molecule has 1 N–H and O–H groups in total. The zero-order chi connectivity index (χ0) is 23.4. The highest BCUT2D eigenvalue weighted by Crippen LogP contribution is 2.66. The largest absolute Gasteiger partial charge is 0.359 e. The number of nitrogens with one attached hydrogen (secondary N) is 1. The van der Waals surface area contributed by atoms with Crippen molar-refractivity contribution in [3.8, 4) is 0 Å². The number of fused-ring (bicyclic) bond motifs is 1. The highest BCUT2D eigenvalue weighted by Gasteiger charge is 2.65. The minimum atomic E-state index is -0.257. The summed E-state index contributed by atoms with van der Waals surface area (Å²) < 4.78 is 7.25. The Morgan fingerprint density at radius 3 is 2.91 bits per heavy atom. The average molecular weight is 448 g/mol. The van der Waals surface area contributed by atoms with E-state index in [-0.39, 0.29) is 22.5 Å². The van der Waals surface area contributed by atoms with E-state index in [2.05, 4.69) is 61.2 Å². The SMILES string of the molecule is C=N/C=C\C=C(/C)NC(=O)C1=CC[C@@H]2[C@]1(C)CC=C1C=C3CC[C@@H](N(C)C)C[C@]34CC[C@@]12O4. The van der Waals surface area contributed by atoms with Crippen molar-refractivity contribution in [3.63, 3.8) is 0 Å². The van der Waals surface area contributed by atoms with E-state index >= 15 is 0 Å². The van der Waals surface area contributed by atoms with Crippen LogP contribution in [0.1, 0.15) is 58.8 Å². The quantitative estimate of drug-likeness (QED) is 0.484. The van der Waals surface area contributed by atoms with Gasteiger partial charge in [-0.1, -0.05) is 25.2 Å². The maximum atomic E-state index is 13.3. The van der Waals surface area contributed by atoms with Crippen LogP contribution in [0.4, 0.5) is 0 Å². The number of nitrogens with zero attached hydrogens (tertiary/aromatic N) is 2. The fourth-order valence-corrected chi connectivity index (χ4v) is 7.29. The van der Waals surface area contributed by atoms with Gasteiger partial charge in [-0.15, -0.1) is 0 Å². The van der Waals surface area contributed by atoms with Gasteiger partial charge in [-0.25, -0.2) is 0 Å². The summed E-state index contributed by atoms with van der Waals surface area (Å²) in [5.74, 6) is 0.309. The Kier molecular flexibility index (Phi) is 5.41. The molecule has 33 heavy (non-hydrogen) atoms. The molecule has 2 heterocycles. The van der Waals surface area contributed by atoms with E-state index in [9.17, 15) is 4.79 Å². The summed E-state index contributed by atoms with van der Waals surface area (Å²) >= 11 is 0. The third-order valence-corrected chi connectivity index (χ3v) is 9.07. The lowest BCUT2D eigenvalue weighted by Crippen LogP contribution is -2.55. The number of rotatable bonds is 5. The Bertz CT molecular complexity index is 1030. The molecule has 0 aromatic rings. The zero-order valence-corrected chi connectivity index (χ0v) is 20.5. The van der Waals surface area contributed by atoms with Crippen molar-refractivity contribution in [1.82, 2.24) is 10.2 Å². The lowest BCUT2D eigenvalue weighted by molar-refractivity contribution is -0.138. The maximum absolute atomic E-state index is 13.3. The fraction of sp³-hybridized carbons (Fsp3) is 0.571. The van der Waals surface area contributed by atoms with Crippen molar-refractivity contribution in [1.29, 1.82) is 0 Å². The van der Waals surface area contributed by atoms with Crippen LogP contribution in [-0.2, 0) is 9.53 Å². The van der Waals surface area contributed by atoms with Crippen molar-refractivity contribution in [2.75, 3.05) is 14.1 Å². The summed E-state index contributed by atoms with van der Waals surface area (Å²) in [4.78, 5) is 19.4. The van der Waals surface area contributed by atoms with Gasteiger partial charge in [0.1, 0.15) is 0 Å². The molecular formula is C28H37N3O2. The van der Waals surface area contributed by atoms with E-state index < -0.39 is 0 Å². The van der Waals surface area contributed by atoms with Gasteiger partial charge < -0.3 is 15.0 Å². The molecule has 0 unspecified atom stereocenters. The van der Waals surface area contributed by atoms with Crippen LogP contribution >= 0.6 is 0 Å². The standard InChI is InChI=1S/C28H37N3O2/c1-19(7-6-16-29-3)30-25(32)23-10-11-24-26(23,2)13-12-21-17-20-8-9-22(31(4)5)18-27(20)14-15-28(21,24)33-27/h6-7,10,12,16-17,22,24H,3,8-9,11,13-15,18H2,1-2,4-5H3,(H,30,32)/b16-6-,19-7+/t22-,24-,26-,27-,28-/m1/s1. The number of amides is 1. The van der Waals surface area contributed by atoms with Crippen molar-refractivity contribution in [2.24, 2.45) is 16.3 Å². The van der Waals surface area contributed by atoms with Crippen LogP contribution in [0.2, 0.25) is 0 Å². The highest BCUT2D eigenvalue weighted by atomic mass is 16.5. The van der Waals surface area contributed by atoms with Crippen LogP contribution in [0.3, 0.4) is 0 Å². The first kappa shape index (κ1) is 22.5. The number of hydrogen-bond acceptors (Lipinski definition) is 4. The second kappa shape index (κ2) is 7.92. The molecule has 0 radical (unpaired) electrons. The molecule has 5 rings (SSSR count). The summed E-state index contributed by atoms with van der Waals surface area (Å²) in [6.45, 7) is 7.61. The smallest absolute Gasteiger partial charge is 0.251 e. The predicted molar refractivity (Wildman–Crippen MR) is 133 cm³/mol. The summed E-state index contributed by atoms with van der Waals surface area (Å²) in [5.41, 5.74) is 4.02. The summed E-state index contributed by atoms with van der Waals surface area (Å²) in [5, 5.41) is 3.08. The van der Waals surface area contributed by atoms with Gasteiger partial charge in [0.05, 0.1) is 11.2 Å². The molecule has 1 saturated heterocycles. The van der Waals surface area contributed by atoms with Crippen LogP contribution in [0.5, 0.6) is 0 Å². The molecule has 2 fully saturated rings. The topological polar surface area (TPSA) is 53.9 Å². The molecule has 5 aliphatic rings. The van der Waals surface area contributed by atoms with Gasteiger partial charge in [-0.2, -0.15) is 0 Å². The van der Waals surface area contributed by atoms with E-state index in [1.807, 2.05) is 13.0 Å². The normalized spacial score (nSPS) is 39.4. The first-order chi connectivity index (χ1) is 15.7. The van der Waals surface area contributed by atoms with Crippen molar-refractivity contribution in [3.05, 3.63) is 59.0 Å². The van der Waals surface area contributed by atoms with Crippen molar-refractivity contribution >= 4 is 12.6 Å². The molecule has 3 aliphatic carbocycles. The number of aliphatic imine (C=N–C) groups is 1. The molecule has 5 heteroatoms. The highest BCUT2D eigenvalue weighted by molar-refractivity contribution is 5.96. The molecule has 1 amide bonds. The Balaban J connectivity index is 1.42. The van der Waals surface area contributed by atoms with Crippen LogP contribution in [0.25, 0.3) is 0 Å². The van der Waals surface area contributed by atoms with Gasteiger partial charge in [-0.3, -0.25) is 9.79 Å². The second-order valence-electron chi connectivity index (χ2n) is 11.0. The lowest BCUT2D eigenvalue weighted by atomic mass is 9.59. The van der Waals surface area contributed by atoms with Crippen molar-refractivity contribution in [2.45, 2.75) is 76.0 Å². The molecule has 2 spiro atoms. The summed E-state index contributed by atoms with van der Waals surface area (Å²) in [7, 11) is 4.39. The molecule has 5 atom stereocenters. The molecule has 5 nitrogen and oxygen atoms in total. The lowest BCUT2D eigenvalue weighted by Gasteiger charge is -2.54. The third kappa shape index (κ3) is 3.35. The maximum Gasteiger partial charge on any atom is 0.251 e. The first-order valence-electron chi connectivity index (χ1n) is 12.3. The second-order valence-corrected chi connectivity index (χ2v) is 11.0. The first-order valence-corrected chi connectivity index (χ1v) is 12.3. The molecular weight excluding hydrogens is 410 g/mol. The van der Waals surface area contributed by atoms with Gasteiger partial charge in [0, 0.05) is 34.8 Å². The van der Waals surface area contributed by atoms with Crippen LogP contribution < -0.4 is 5.32 Å². The van der Waals surface area contributed by atoms with Gasteiger partial charge in [0.2, 0.25) is 0 Å². The Morgan fingerprint density at radius 2 is 2.15 bits per heavy atom. The molecule has 2 bridgehead atoms. The van der Waals surface area contributed by atoms with E-state index in [0.29, 0.717) is 12.0 Å². The average Bonchev–Trinajstić information content (AvgIpc) is 3.28. The monoisotopic (exact) mass is 447 g/mol. The Hall–Kier alpha value is -2.24. The third-order valence-electron chi connectivity index (χ3n) is 9.07. The Morgan fingerprint density at radius 1 is 1.33 bits per heavy atom. The molecule has 176 valence electrons. The number of carbonyl (C=O) groups is 1. The van der Waals surface area contributed by atoms with Gasteiger partial charge in [0.25, 0.3) is 5.91 Å². The van der Waals surface area contributed by atoms with Crippen LogP contribution in [-0.4, -0.2) is 48.9 Å². The van der Waals surface area contributed by atoms with E-state index in [1.54, 1.807) is 12.3 Å². The van der Waals surface area contributed by atoms with E-state index in [1.165, 1.54) is 17.6 Å². The van der Waals surface area contributed by atoms with E-state index in [0.717, 1.165) is 49.8 Å². The van der Waals surface area contributed by atoms with Crippen LogP contribution in [0.15, 0.2) is 64.0 Å².